The molecule has 0 bridgehead atoms. The largest absolute Gasteiger partial charge is 0.497 e. The number of hydrogen-bond acceptors (Lipinski definition) is 4. The van der Waals surface area contributed by atoms with E-state index in [0.717, 1.165) is 31.7 Å². The van der Waals surface area contributed by atoms with Gasteiger partial charge in [-0.2, -0.15) is 0 Å². The Morgan fingerprint density at radius 1 is 1.41 bits per heavy atom. The number of ether oxygens (including phenoxy) is 2. The number of methoxy groups -OCH3 is 1. The van der Waals surface area contributed by atoms with E-state index in [1.807, 2.05) is 26.0 Å². The molecule has 0 unspecified atom stereocenters. The molecule has 1 N–H and O–H groups in total. The number of nitrogens with one attached hydrogen (secondary N) is 1. The zero-order valence-electron chi connectivity index (χ0n) is 10.9. The zero-order valence-corrected chi connectivity index (χ0v) is 10.9. The highest BCUT2D eigenvalue weighted by Crippen LogP contribution is 2.18. The lowest BCUT2D eigenvalue weighted by Gasteiger charge is -2.23. The van der Waals surface area contributed by atoms with Gasteiger partial charge in [0.2, 0.25) is 5.88 Å². The first kappa shape index (κ1) is 13.8. The maximum Gasteiger partial charge on any atom is 0.217 e. The highest BCUT2D eigenvalue weighted by atomic mass is 16.5. The smallest absolute Gasteiger partial charge is 0.217 e. The Morgan fingerprint density at radius 3 is 2.88 bits per heavy atom. The lowest BCUT2D eigenvalue weighted by molar-refractivity contribution is 0.160. The normalized spacial score (nSPS) is 18.9. The van der Waals surface area contributed by atoms with E-state index in [1.165, 1.54) is 0 Å². The Labute approximate surface area is 103 Å². The second kappa shape index (κ2) is 7.90. The molecule has 4 nitrogen and oxygen atoms in total. The second-order valence-corrected chi connectivity index (χ2v) is 3.62. The molecule has 1 aliphatic rings. The van der Waals surface area contributed by atoms with Crippen molar-refractivity contribution in [2.24, 2.45) is 0 Å². The van der Waals surface area contributed by atoms with E-state index in [4.69, 9.17) is 9.47 Å². The van der Waals surface area contributed by atoms with Crippen molar-refractivity contribution in [2.75, 3.05) is 20.2 Å². The summed E-state index contributed by atoms with van der Waals surface area (Å²) >= 11 is 0. The van der Waals surface area contributed by atoms with Crippen molar-refractivity contribution in [2.45, 2.75) is 32.8 Å². The number of rotatable bonds is 3. The third-order valence-corrected chi connectivity index (χ3v) is 2.48. The van der Waals surface area contributed by atoms with Gasteiger partial charge < -0.3 is 14.8 Å². The molecule has 0 spiro atoms. The van der Waals surface area contributed by atoms with Crippen LogP contribution in [0, 0.1) is 0 Å². The Hall–Kier alpha value is -1.29. The summed E-state index contributed by atoms with van der Waals surface area (Å²) in [5.74, 6) is 1.42. The monoisotopic (exact) mass is 238 g/mol. The number of aromatic nitrogens is 1. The first-order chi connectivity index (χ1) is 8.38. The Kier molecular flexibility index (Phi) is 6.40. The average Bonchev–Trinajstić information content (AvgIpc) is 2.42. The molecule has 0 saturated carbocycles. The van der Waals surface area contributed by atoms with Crippen LogP contribution in [0.4, 0.5) is 0 Å². The van der Waals surface area contributed by atoms with Gasteiger partial charge in [-0.3, -0.25) is 0 Å². The number of pyridine rings is 1. The fraction of sp³-hybridized carbons (Fsp3) is 0.615. The molecule has 0 amide bonds. The quantitative estimate of drug-likeness (QED) is 0.877. The topological polar surface area (TPSA) is 43.4 Å². The van der Waals surface area contributed by atoms with Crippen LogP contribution in [0.25, 0.3) is 0 Å². The van der Waals surface area contributed by atoms with Gasteiger partial charge in [-0.05, 0) is 25.5 Å². The molecule has 1 aromatic heterocycles. The van der Waals surface area contributed by atoms with Crippen LogP contribution < -0.4 is 14.8 Å². The van der Waals surface area contributed by atoms with Gasteiger partial charge in [-0.1, -0.05) is 13.8 Å². The van der Waals surface area contributed by atoms with Gasteiger partial charge in [0.15, 0.2) is 0 Å². The predicted octanol–water partition coefficient (Wildman–Crippen LogP) is 2.25. The second-order valence-electron chi connectivity index (χ2n) is 3.62. The van der Waals surface area contributed by atoms with Crippen molar-refractivity contribution in [1.29, 1.82) is 0 Å². The van der Waals surface area contributed by atoms with Gasteiger partial charge >= 0.3 is 0 Å². The van der Waals surface area contributed by atoms with Gasteiger partial charge in [0, 0.05) is 18.8 Å². The van der Waals surface area contributed by atoms with Crippen LogP contribution in [0.2, 0.25) is 0 Å². The van der Waals surface area contributed by atoms with Gasteiger partial charge in [0.05, 0.1) is 7.11 Å². The molecule has 1 fully saturated rings. The summed E-state index contributed by atoms with van der Waals surface area (Å²) in [5.41, 5.74) is 0. The fourth-order valence-corrected chi connectivity index (χ4v) is 1.67. The summed E-state index contributed by atoms with van der Waals surface area (Å²) in [5, 5.41) is 3.30. The summed E-state index contributed by atoms with van der Waals surface area (Å²) < 4.78 is 10.9. The summed E-state index contributed by atoms with van der Waals surface area (Å²) in [4.78, 5) is 4.15. The van der Waals surface area contributed by atoms with E-state index in [0.29, 0.717) is 5.88 Å². The van der Waals surface area contributed by atoms with Crippen molar-refractivity contribution in [3.05, 3.63) is 18.3 Å². The molecule has 0 radical (unpaired) electrons. The molecule has 96 valence electrons. The molecular formula is C13H22N2O2. The molecule has 17 heavy (non-hydrogen) atoms. The van der Waals surface area contributed by atoms with Crippen molar-refractivity contribution in [1.82, 2.24) is 10.3 Å². The molecule has 2 heterocycles. The van der Waals surface area contributed by atoms with Crippen molar-refractivity contribution in [3.8, 4) is 11.6 Å². The standard InChI is InChI=1S/C11H16N2O2.C2H6/c1-14-9-4-6-13-11(7-9)15-10-3-2-5-12-8-10;1-2/h4,6-7,10,12H,2-3,5,8H2,1H3;1-2H3/t10-;/m1./s1. The van der Waals surface area contributed by atoms with E-state index in [2.05, 4.69) is 10.3 Å². The molecule has 0 aromatic carbocycles. The molecule has 1 atom stereocenters. The summed E-state index contributed by atoms with van der Waals surface area (Å²) in [6.45, 7) is 5.99. The van der Waals surface area contributed by atoms with Gasteiger partial charge in [-0.15, -0.1) is 0 Å². The number of hydrogen-bond donors (Lipinski definition) is 1. The SMILES string of the molecule is CC.COc1ccnc(O[C@@H]2CCCNC2)c1. The number of nitrogens with zero attached hydrogens (tertiary/aromatic N) is 1. The molecule has 1 aliphatic heterocycles. The molecule has 4 heteroatoms. The van der Waals surface area contributed by atoms with E-state index in [1.54, 1.807) is 13.3 Å². The van der Waals surface area contributed by atoms with E-state index < -0.39 is 0 Å². The number of piperidine rings is 1. The fourth-order valence-electron chi connectivity index (χ4n) is 1.67. The average molecular weight is 238 g/mol. The third kappa shape index (κ3) is 4.61. The highest BCUT2D eigenvalue weighted by Gasteiger charge is 2.14. The van der Waals surface area contributed by atoms with Crippen LogP contribution >= 0.6 is 0 Å². The zero-order chi connectivity index (χ0) is 12.5. The first-order valence-electron chi connectivity index (χ1n) is 6.26. The Bertz CT molecular complexity index is 312. The van der Waals surface area contributed by atoms with E-state index >= 15 is 0 Å². The maximum atomic E-state index is 5.74. The van der Waals surface area contributed by atoms with Crippen molar-refractivity contribution < 1.29 is 9.47 Å². The maximum absolute atomic E-state index is 5.74. The van der Waals surface area contributed by atoms with Gasteiger partial charge in [0.25, 0.3) is 0 Å². The minimum atomic E-state index is 0.235. The Balaban J connectivity index is 0.000000686. The van der Waals surface area contributed by atoms with Crippen molar-refractivity contribution in [3.63, 3.8) is 0 Å². The summed E-state index contributed by atoms with van der Waals surface area (Å²) in [6, 6.07) is 3.63. The lowest BCUT2D eigenvalue weighted by Crippen LogP contribution is -2.37. The summed E-state index contributed by atoms with van der Waals surface area (Å²) in [7, 11) is 1.64. The Morgan fingerprint density at radius 2 is 2.24 bits per heavy atom. The molecule has 1 saturated heterocycles. The lowest BCUT2D eigenvalue weighted by atomic mass is 10.1. The third-order valence-electron chi connectivity index (χ3n) is 2.48. The first-order valence-corrected chi connectivity index (χ1v) is 6.26. The van der Waals surface area contributed by atoms with Crippen LogP contribution in [-0.2, 0) is 0 Å². The predicted molar refractivity (Wildman–Crippen MR) is 68.7 cm³/mol. The molecule has 2 rings (SSSR count). The van der Waals surface area contributed by atoms with Crippen LogP contribution in [0.15, 0.2) is 18.3 Å². The van der Waals surface area contributed by atoms with E-state index in [9.17, 15) is 0 Å². The molecular weight excluding hydrogens is 216 g/mol. The van der Waals surface area contributed by atoms with Gasteiger partial charge in [-0.25, -0.2) is 4.98 Å². The van der Waals surface area contributed by atoms with Crippen LogP contribution in [0.5, 0.6) is 11.6 Å². The van der Waals surface area contributed by atoms with Gasteiger partial charge in [0.1, 0.15) is 11.9 Å². The highest BCUT2D eigenvalue weighted by molar-refractivity contribution is 5.26. The molecule has 0 aliphatic carbocycles. The molecule has 1 aromatic rings. The van der Waals surface area contributed by atoms with Crippen molar-refractivity contribution >= 4 is 0 Å². The summed E-state index contributed by atoms with van der Waals surface area (Å²) in [6.07, 6.45) is 4.18. The minimum absolute atomic E-state index is 0.235. The van der Waals surface area contributed by atoms with E-state index in [-0.39, 0.29) is 6.10 Å². The van der Waals surface area contributed by atoms with Crippen LogP contribution in [-0.4, -0.2) is 31.3 Å². The minimum Gasteiger partial charge on any atom is -0.497 e. The van der Waals surface area contributed by atoms with Crippen LogP contribution in [0.3, 0.4) is 0 Å². The van der Waals surface area contributed by atoms with Crippen LogP contribution in [0.1, 0.15) is 26.7 Å².